The molecule has 0 bridgehead atoms. The summed E-state index contributed by atoms with van der Waals surface area (Å²) in [5.74, 6) is 1.63. The predicted molar refractivity (Wildman–Crippen MR) is 142 cm³/mol. The maximum atomic E-state index is 10.6. The van der Waals surface area contributed by atoms with Crippen molar-refractivity contribution in [1.29, 1.82) is 0 Å². The second kappa shape index (κ2) is 11.7. The lowest BCUT2D eigenvalue weighted by atomic mass is 10.1. The Bertz CT molecular complexity index is 1160. The molecule has 1 saturated heterocycles. The van der Waals surface area contributed by atoms with Crippen LogP contribution in [0.3, 0.4) is 0 Å². The van der Waals surface area contributed by atoms with Crippen molar-refractivity contribution in [2.45, 2.75) is 12.2 Å². The van der Waals surface area contributed by atoms with Crippen LogP contribution in [0.15, 0.2) is 84.9 Å². The zero-order chi connectivity index (χ0) is 24.7. The van der Waals surface area contributed by atoms with Gasteiger partial charge in [-0.1, -0.05) is 72.8 Å². The molecule has 0 amide bonds. The van der Waals surface area contributed by atoms with E-state index in [1.54, 1.807) is 0 Å². The number of hydrogen-bond donors (Lipinski definition) is 4. The summed E-state index contributed by atoms with van der Waals surface area (Å²) >= 11 is 0. The average Bonchev–Trinajstić information content (AvgIpc) is 2.92. The third-order valence-electron chi connectivity index (χ3n) is 7.07. The number of hydrogen-bond acceptors (Lipinski definition) is 4. The highest BCUT2D eigenvalue weighted by atomic mass is 16.5. The van der Waals surface area contributed by atoms with Crippen molar-refractivity contribution in [2.75, 3.05) is 52.5 Å². The zero-order valence-corrected chi connectivity index (χ0v) is 20.6. The van der Waals surface area contributed by atoms with E-state index < -0.39 is 12.2 Å². The van der Waals surface area contributed by atoms with Gasteiger partial charge in [-0.3, -0.25) is 0 Å². The summed E-state index contributed by atoms with van der Waals surface area (Å²) in [7, 11) is 0. The lowest BCUT2D eigenvalue weighted by Gasteiger charge is -2.31. The summed E-state index contributed by atoms with van der Waals surface area (Å²) < 4.78 is 11.9. The molecule has 1 aliphatic heterocycles. The molecule has 0 aromatic heterocycles. The molecule has 188 valence electrons. The van der Waals surface area contributed by atoms with Gasteiger partial charge in [0.1, 0.15) is 76.2 Å². The van der Waals surface area contributed by atoms with Crippen LogP contribution in [0.1, 0.15) is 0 Å². The highest BCUT2D eigenvalue weighted by Gasteiger charge is 2.27. The lowest BCUT2D eigenvalue weighted by molar-refractivity contribution is -1.01. The van der Waals surface area contributed by atoms with Crippen molar-refractivity contribution in [1.82, 2.24) is 0 Å². The van der Waals surface area contributed by atoms with E-state index in [2.05, 4.69) is 24.3 Å². The number of quaternary nitrogens is 2. The minimum atomic E-state index is -0.514. The van der Waals surface area contributed by atoms with E-state index in [1.165, 1.54) is 9.80 Å². The van der Waals surface area contributed by atoms with Crippen LogP contribution in [0, 0.1) is 0 Å². The molecule has 1 aliphatic rings. The van der Waals surface area contributed by atoms with Crippen molar-refractivity contribution in [3.63, 3.8) is 0 Å². The van der Waals surface area contributed by atoms with Gasteiger partial charge in [-0.25, -0.2) is 0 Å². The first-order chi connectivity index (χ1) is 17.7. The number of aliphatic hydroxyl groups excluding tert-OH is 2. The zero-order valence-electron chi connectivity index (χ0n) is 20.6. The molecule has 0 radical (unpaired) electrons. The molecule has 4 N–H and O–H groups in total. The van der Waals surface area contributed by atoms with Crippen LogP contribution in [-0.4, -0.2) is 74.9 Å². The molecule has 4 aromatic carbocycles. The van der Waals surface area contributed by atoms with Crippen LogP contribution in [-0.2, 0) is 0 Å². The molecular formula is C30H36N2O4+2. The minimum Gasteiger partial charge on any atom is -0.490 e. The average molecular weight is 489 g/mol. The van der Waals surface area contributed by atoms with Crippen LogP contribution in [0.2, 0.25) is 0 Å². The Morgan fingerprint density at radius 1 is 0.556 bits per heavy atom. The minimum absolute atomic E-state index is 0.290. The van der Waals surface area contributed by atoms with Crippen LogP contribution < -0.4 is 19.3 Å². The maximum Gasteiger partial charge on any atom is 0.137 e. The Hall–Kier alpha value is -3.16. The topological polar surface area (TPSA) is 67.8 Å². The molecule has 1 heterocycles. The molecule has 6 nitrogen and oxygen atoms in total. The van der Waals surface area contributed by atoms with Crippen LogP contribution in [0.5, 0.6) is 11.5 Å². The van der Waals surface area contributed by atoms with Gasteiger partial charge < -0.3 is 29.5 Å². The van der Waals surface area contributed by atoms with Gasteiger partial charge >= 0.3 is 0 Å². The fourth-order valence-electron chi connectivity index (χ4n) is 5.16. The summed E-state index contributed by atoms with van der Waals surface area (Å²) in [5, 5.41) is 25.6. The Kier molecular flexibility index (Phi) is 7.98. The first-order valence-electron chi connectivity index (χ1n) is 12.9. The second-order valence-electron chi connectivity index (χ2n) is 9.79. The standard InChI is InChI=1S/C30H34N2O4/c33-25(21-35-29-13-5-9-23-7-1-3-11-27(23)29)19-31-15-17-32(18-16-31)20-26(34)22-36-30-14-6-10-24-8-2-4-12-28(24)30/h1-14,25-26,33-34H,15-22H2/p+2/t25-,26-/m0/s1. The molecule has 4 aromatic rings. The van der Waals surface area contributed by atoms with Gasteiger partial charge in [-0.15, -0.1) is 0 Å². The lowest BCUT2D eigenvalue weighted by Crippen LogP contribution is -3.29. The first-order valence-corrected chi connectivity index (χ1v) is 12.9. The maximum absolute atomic E-state index is 10.6. The molecule has 0 unspecified atom stereocenters. The highest BCUT2D eigenvalue weighted by Crippen LogP contribution is 2.26. The number of ether oxygens (including phenoxy) is 2. The fourth-order valence-corrected chi connectivity index (χ4v) is 5.16. The van der Waals surface area contributed by atoms with E-state index >= 15 is 0 Å². The van der Waals surface area contributed by atoms with Gasteiger partial charge in [0, 0.05) is 10.8 Å². The van der Waals surface area contributed by atoms with Gasteiger partial charge in [0.25, 0.3) is 0 Å². The summed E-state index contributed by atoms with van der Waals surface area (Å²) in [6, 6.07) is 28.3. The van der Waals surface area contributed by atoms with E-state index in [9.17, 15) is 10.2 Å². The number of piperazine rings is 1. The van der Waals surface area contributed by atoms with E-state index in [0.29, 0.717) is 13.1 Å². The Morgan fingerprint density at radius 3 is 1.39 bits per heavy atom. The third kappa shape index (κ3) is 6.15. The van der Waals surface area contributed by atoms with Gasteiger partial charge in [0.15, 0.2) is 0 Å². The fraction of sp³-hybridized carbons (Fsp3) is 0.333. The number of benzene rings is 4. The van der Waals surface area contributed by atoms with E-state index in [4.69, 9.17) is 9.47 Å². The summed E-state index contributed by atoms with van der Waals surface area (Å²) in [6.07, 6.45) is -1.03. The summed E-state index contributed by atoms with van der Waals surface area (Å²) in [6.45, 7) is 5.80. The van der Waals surface area contributed by atoms with Crippen LogP contribution in [0.4, 0.5) is 0 Å². The SMILES string of the molecule is O[C@H](COc1cccc2ccccc12)C[NH+]1CC[NH+](C[C@H](O)COc2cccc3ccccc23)CC1. The molecule has 1 fully saturated rings. The molecule has 0 saturated carbocycles. The number of aliphatic hydroxyl groups is 2. The molecule has 2 atom stereocenters. The molecule has 0 spiro atoms. The second-order valence-corrected chi connectivity index (χ2v) is 9.79. The largest absolute Gasteiger partial charge is 0.490 e. The smallest absolute Gasteiger partial charge is 0.137 e. The third-order valence-corrected chi connectivity index (χ3v) is 7.07. The van der Waals surface area contributed by atoms with Gasteiger partial charge in [-0.2, -0.15) is 0 Å². The molecule has 6 heteroatoms. The van der Waals surface area contributed by atoms with E-state index in [-0.39, 0.29) is 13.2 Å². The molecule has 36 heavy (non-hydrogen) atoms. The van der Waals surface area contributed by atoms with Crippen molar-refractivity contribution in [3.05, 3.63) is 84.9 Å². The van der Waals surface area contributed by atoms with Gasteiger partial charge in [0.05, 0.1) is 0 Å². The Morgan fingerprint density at radius 2 is 0.944 bits per heavy atom. The van der Waals surface area contributed by atoms with E-state index in [1.807, 2.05) is 60.7 Å². The Balaban J connectivity index is 1.03. The monoisotopic (exact) mass is 488 g/mol. The Labute approximate surface area is 212 Å². The van der Waals surface area contributed by atoms with Crippen LogP contribution in [0.25, 0.3) is 21.5 Å². The number of fused-ring (bicyclic) bond motifs is 2. The molecule has 5 rings (SSSR count). The number of rotatable bonds is 10. The van der Waals surface area contributed by atoms with Gasteiger partial charge in [-0.05, 0) is 22.9 Å². The quantitative estimate of drug-likeness (QED) is 0.269. The first kappa shape index (κ1) is 24.5. The highest BCUT2D eigenvalue weighted by molar-refractivity contribution is 5.88. The van der Waals surface area contributed by atoms with E-state index in [0.717, 1.165) is 59.2 Å². The normalized spacial score (nSPS) is 19.7. The molecular weight excluding hydrogens is 452 g/mol. The van der Waals surface area contributed by atoms with Crippen LogP contribution >= 0.6 is 0 Å². The molecule has 0 aliphatic carbocycles. The van der Waals surface area contributed by atoms with Crippen molar-refractivity contribution < 1.29 is 29.5 Å². The predicted octanol–water partition coefficient (Wildman–Crippen LogP) is 0.956. The van der Waals surface area contributed by atoms with Crippen molar-refractivity contribution in [2.24, 2.45) is 0 Å². The summed E-state index contributed by atoms with van der Waals surface area (Å²) in [4.78, 5) is 2.77. The summed E-state index contributed by atoms with van der Waals surface area (Å²) in [5.41, 5.74) is 0. The number of nitrogens with one attached hydrogen (secondary N) is 2. The van der Waals surface area contributed by atoms with Crippen molar-refractivity contribution in [3.8, 4) is 11.5 Å². The van der Waals surface area contributed by atoms with Crippen molar-refractivity contribution >= 4 is 21.5 Å². The van der Waals surface area contributed by atoms with Gasteiger partial charge in [0.2, 0.25) is 0 Å².